The van der Waals surface area contributed by atoms with Crippen molar-refractivity contribution >= 4 is 17.6 Å². The molecule has 0 radical (unpaired) electrons. The van der Waals surface area contributed by atoms with E-state index in [-0.39, 0.29) is 12.5 Å². The number of para-hydroxylation sites is 1. The number of anilines is 1. The number of hydrogen-bond donors (Lipinski definition) is 2. The maximum Gasteiger partial charge on any atom is 0.246 e. The summed E-state index contributed by atoms with van der Waals surface area (Å²) in [6.07, 6.45) is 6.67. The van der Waals surface area contributed by atoms with E-state index >= 15 is 0 Å². The Morgan fingerprint density at radius 3 is 2.67 bits per heavy atom. The van der Waals surface area contributed by atoms with Crippen molar-refractivity contribution in [2.24, 2.45) is 10.4 Å². The number of benzene rings is 1. The Balaban J connectivity index is 1.58. The normalized spacial score (nSPS) is 19.7. The molecule has 1 saturated heterocycles. The fourth-order valence-electron chi connectivity index (χ4n) is 3.94. The molecule has 130 valence electrons. The smallest absolute Gasteiger partial charge is 0.246 e. The van der Waals surface area contributed by atoms with E-state index in [4.69, 9.17) is 0 Å². The zero-order valence-electron chi connectivity index (χ0n) is 14.6. The van der Waals surface area contributed by atoms with E-state index in [1.807, 2.05) is 30.3 Å². The van der Waals surface area contributed by atoms with E-state index in [1.54, 1.807) is 0 Å². The molecule has 1 heterocycles. The SMILES string of the molecule is CCNC(=NCC(=O)Nc1ccccc1)N1CCC2(CCCC2)C1. The van der Waals surface area contributed by atoms with Gasteiger partial charge in [-0.1, -0.05) is 31.0 Å². The molecule has 1 aromatic rings. The summed E-state index contributed by atoms with van der Waals surface area (Å²) in [6, 6.07) is 9.53. The van der Waals surface area contributed by atoms with Crippen molar-refractivity contribution < 1.29 is 4.79 Å². The van der Waals surface area contributed by atoms with E-state index in [2.05, 4.69) is 27.4 Å². The minimum absolute atomic E-state index is 0.0774. The topological polar surface area (TPSA) is 56.7 Å². The lowest BCUT2D eigenvalue weighted by atomic mass is 9.86. The predicted octanol–water partition coefficient (Wildman–Crippen LogP) is 2.86. The molecule has 1 aliphatic carbocycles. The van der Waals surface area contributed by atoms with Crippen LogP contribution in [0.25, 0.3) is 0 Å². The maximum atomic E-state index is 12.1. The van der Waals surface area contributed by atoms with Gasteiger partial charge in [-0.25, -0.2) is 4.99 Å². The van der Waals surface area contributed by atoms with E-state index < -0.39 is 0 Å². The fraction of sp³-hybridized carbons (Fsp3) is 0.579. The Morgan fingerprint density at radius 2 is 1.96 bits per heavy atom. The minimum Gasteiger partial charge on any atom is -0.357 e. The molecule has 2 aliphatic rings. The van der Waals surface area contributed by atoms with Crippen LogP contribution in [0.4, 0.5) is 5.69 Å². The summed E-state index contributed by atoms with van der Waals surface area (Å²) in [5.74, 6) is 0.802. The highest BCUT2D eigenvalue weighted by Crippen LogP contribution is 2.45. The molecule has 0 atom stereocenters. The average Bonchev–Trinajstić information content (AvgIpc) is 3.23. The van der Waals surface area contributed by atoms with Crippen LogP contribution in [0.2, 0.25) is 0 Å². The second-order valence-corrected chi connectivity index (χ2v) is 6.96. The van der Waals surface area contributed by atoms with Gasteiger partial charge >= 0.3 is 0 Å². The first-order chi connectivity index (χ1) is 11.7. The van der Waals surface area contributed by atoms with Gasteiger partial charge in [-0.05, 0) is 43.7 Å². The molecule has 5 heteroatoms. The third kappa shape index (κ3) is 4.08. The molecule has 3 rings (SSSR count). The summed E-state index contributed by atoms with van der Waals surface area (Å²) in [5, 5.41) is 6.23. The number of amides is 1. The van der Waals surface area contributed by atoms with Crippen LogP contribution < -0.4 is 10.6 Å². The number of nitrogens with one attached hydrogen (secondary N) is 2. The molecule has 1 saturated carbocycles. The van der Waals surface area contributed by atoms with Crippen LogP contribution in [0.3, 0.4) is 0 Å². The van der Waals surface area contributed by atoms with Gasteiger partial charge in [-0.3, -0.25) is 4.79 Å². The number of likely N-dealkylation sites (tertiary alicyclic amines) is 1. The lowest BCUT2D eigenvalue weighted by Gasteiger charge is -2.25. The highest BCUT2D eigenvalue weighted by atomic mass is 16.1. The third-order valence-corrected chi connectivity index (χ3v) is 5.17. The Morgan fingerprint density at radius 1 is 1.21 bits per heavy atom. The first kappa shape index (κ1) is 16.8. The van der Waals surface area contributed by atoms with Gasteiger partial charge in [0.05, 0.1) is 0 Å². The molecule has 2 fully saturated rings. The summed E-state index contributed by atoms with van der Waals surface area (Å²) in [4.78, 5) is 19.0. The van der Waals surface area contributed by atoms with Crippen LogP contribution in [0.5, 0.6) is 0 Å². The molecular weight excluding hydrogens is 300 g/mol. The monoisotopic (exact) mass is 328 g/mol. The standard InChI is InChI=1S/C19H28N4O/c1-2-20-18(23-13-12-19(15-23)10-6-7-11-19)21-14-17(24)22-16-8-4-3-5-9-16/h3-5,8-9H,2,6-7,10-15H2,1H3,(H,20,21)(H,22,24). The second kappa shape index (κ2) is 7.69. The van der Waals surface area contributed by atoms with E-state index in [1.165, 1.54) is 32.1 Å². The molecule has 2 N–H and O–H groups in total. The zero-order chi connectivity index (χ0) is 16.8. The van der Waals surface area contributed by atoms with E-state index in [0.717, 1.165) is 31.3 Å². The largest absolute Gasteiger partial charge is 0.357 e. The molecule has 24 heavy (non-hydrogen) atoms. The number of rotatable bonds is 4. The van der Waals surface area contributed by atoms with Crippen molar-refractivity contribution in [2.75, 3.05) is 31.5 Å². The van der Waals surface area contributed by atoms with Gasteiger partial charge in [0, 0.05) is 25.3 Å². The van der Waals surface area contributed by atoms with Crippen LogP contribution >= 0.6 is 0 Å². The number of hydrogen-bond acceptors (Lipinski definition) is 2. The van der Waals surface area contributed by atoms with Gasteiger partial charge in [0.1, 0.15) is 6.54 Å². The van der Waals surface area contributed by atoms with Gasteiger partial charge in [0.15, 0.2) is 5.96 Å². The predicted molar refractivity (Wildman–Crippen MR) is 98.1 cm³/mol. The van der Waals surface area contributed by atoms with Crippen molar-refractivity contribution in [1.82, 2.24) is 10.2 Å². The Hall–Kier alpha value is -2.04. The summed E-state index contributed by atoms with van der Waals surface area (Å²) < 4.78 is 0. The number of guanidine groups is 1. The fourth-order valence-corrected chi connectivity index (χ4v) is 3.94. The Kier molecular flexibility index (Phi) is 5.38. The quantitative estimate of drug-likeness (QED) is 0.660. The molecule has 0 bridgehead atoms. The highest BCUT2D eigenvalue weighted by Gasteiger charge is 2.41. The van der Waals surface area contributed by atoms with Gasteiger partial charge < -0.3 is 15.5 Å². The van der Waals surface area contributed by atoms with Crippen molar-refractivity contribution in [1.29, 1.82) is 0 Å². The van der Waals surface area contributed by atoms with E-state index in [0.29, 0.717) is 5.41 Å². The van der Waals surface area contributed by atoms with Crippen LogP contribution in [-0.2, 0) is 4.79 Å². The molecular formula is C19H28N4O. The van der Waals surface area contributed by atoms with Crippen molar-refractivity contribution in [3.05, 3.63) is 30.3 Å². The maximum absolute atomic E-state index is 12.1. The molecule has 1 amide bonds. The lowest BCUT2D eigenvalue weighted by molar-refractivity contribution is -0.114. The van der Waals surface area contributed by atoms with Crippen molar-refractivity contribution in [2.45, 2.75) is 39.0 Å². The van der Waals surface area contributed by atoms with Gasteiger partial charge in [0.2, 0.25) is 5.91 Å². The van der Waals surface area contributed by atoms with Crippen molar-refractivity contribution in [3.8, 4) is 0 Å². The number of aliphatic imine (C=N–C) groups is 1. The van der Waals surface area contributed by atoms with Gasteiger partial charge in [0.25, 0.3) is 0 Å². The summed E-state index contributed by atoms with van der Waals surface area (Å²) in [5.41, 5.74) is 1.32. The third-order valence-electron chi connectivity index (χ3n) is 5.17. The number of carbonyl (C=O) groups excluding carboxylic acids is 1. The highest BCUT2D eigenvalue weighted by molar-refractivity contribution is 5.94. The second-order valence-electron chi connectivity index (χ2n) is 6.96. The number of nitrogens with zero attached hydrogens (tertiary/aromatic N) is 2. The first-order valence-electron chi connectivity index (χ1n) is 9.09. The van der Waals surface area contributed by atoms with Gasteiger partial charge in [-0.2, -0.15) is 0 Å². The minimum atomic E-state index is -0.0774. The molecule has 1 spiro atoms. The van der Waals surface area contributed by atoms with Gasteiger partial charge in [-0.15, -0.1) is 0 Å². The molecule has 1 aromatic carbocycles. The summed E-state index contributed by atoms with van der Waals surface area (Å²) >= 11 is 0. The Labute approximate surface area is 144 Å². The lowest BCUT2D eigenvalue weighted by Crippen LogP contribution is -2.41. The van der Waals surface area contributed by atoms with Crippen LogP contribution in [-0.4, -0.2) is 42.9 Å². The first-order valence-corrected chi connectivity index (χ1v) is 9.09. The average molecular weight is 328 g/mol. The summed E-state index contributed by atoms with van der Waals surface area (Å²) in [7, 11) is 0. The molecule has 5 nitrogen and oxygen atoms in total. The van der Waals surface area contributed by atoms with Crippen LogP contribution in [0, 0.1) is 5.41 Å². The molecule has 1 aliphatic heterocycles. The molecule has 0 aromatic heterocycles. The van der Waals surface area contributed by atoms with Crippen LogP contribution in [0.1, 0.15) is 39.0 Å². The molecule has 0 unspecified atom stereocenters. The zero-order valence-corrected chi connectivity index (χ0v) is 14.6. The van der Waals surface area contributed by atoms with E-state index in [9.17, 15) is 4.79 Å². The number of carbonyl (C=O) groups is 1. The Bertz CT molecular complexity index is 578. The summed E-state index contributed by atoms with van der Waals surface area (Å²) in [6.45, 7) is 5.18. The van der Waals surface area contributed by atoms with Crippen LogP contribution in [0.15, 0.2) is 35.3 Å². The van der Waals surface area contributed by atoms with Crippen molar-refractivity contribution in [3.63, 3.8) is 0 Å².